The number of carbonyl (C=O) groups is 1. The topological polar surface area (TPSA) is 49.6 Å². The number of anilines is 1. The van der Waals surface area contributed by atoms with Crippen LogP contribution in [0.4, 0.5) is 5.69 Å². The first kappa shape index (κ1) is 23.0. The van der Waals surface area contributed by atoms with Crippen molar-refractivity contribution in [1.82, 2.24) is 4.90 Å². The van der Waals surface area contributed by atoms with Crippen LogP contribution >= 0.6 is 24.8 Å². The van der Waals surface area contributed by atoms with Crippen molar-refractivity contribution in [3.63, 3.8) is 0 Å². The van der Waals surface area contributed by atoms with Gasteiger partial charge in [-0.2, -0.15) is 0 Å². The SMILES string of the molecule is CCCN(CC)c1ccc(C(=O)N2CCCCC2CN)cc1.Cl.Cl. The molecule has 2 rings (SSSR count). The Hall–Kier alpha value is -0.970. The number of likely N-dealkylation sites (tertiary alicyclic amines) is 1. The molecule has 2 N–H and O–H groups in total. The smallest absolute Gasteiger partial charge is 0.254 e. The zero-order chi connectivity index (χ0) is 15.9. The van der Waals surface area contributed by atoms with Gasteiger partial charge in [0.05, 0.1) is 0 Å². The molecule has 4 nitrogen and oxygen atoms in total. The van der Waals surface area contributed by atoms with Gasteiger partial charge in [-0.05, 0) is 56.9 Å². The molecule has 1 saturated heterocycles. The quantitative estimate of drug-likeness (QED) is 0.823. The number of nitrogens with two attached hydrogens (primary N) is 1. The van der Waals surface area contributed by atoms with Crippen molar-refractivity contribution < 1.29 is 4.79 Å². The molecule has 0 bridgehead atoms. The molecular formula is C18H31Cl2N3O. The van der Waals surface area contributed by atoms with E-state index in [1.165, 1.54) is 12.1 Å². The van der Waals surface area contributed by atoms with E-state index < -0.39 is 0 Å². The molecule has 1 heterocycles. The summed E-state index contributed by atoms with van der Waals surface area (Å²) >= 11 is 0. The Balaban J connectivity index is 0.00000264. The highest BCUT2D eigenvalue weighted by Gasteiger charge is 2.26. The van der Waals surface area contributed by atoms with E-state index in [1.807, 2.05) is 17.0 Å². The summed E-state index contributed by atoms with van der Waals surface area (Å²) in [6, 6.07) is 8.24. The molecule has 0 saturated carbocycles. The summed E-state index contributed by atoms with van der Waals surface area (Å²) in [6.45, 7) is 7.77. The fourth-order valence-corrected chi connectivity index (χ4v) is 3.23. The maximum atomic E-state index is 12.7. The van der Waals surface area contributed by atoms with E-state index in [9.17, 15) is 4.79 Å². The molecule has 1 unspecified atom stereocenters. The first-order chi connectivity index (χ1) is 10.7. The fourth-order valence-electron chi connectivity index (χ4n) is 3.23. The molecule has 1 aromatic rings. The summed E-state index contributed by atoms with van der Waals surface area (Å²) in [4.78, 5) is 17.0. The fraction of sp³-hybridized carbons (Fsp3) is 0.611. The molecule has 1 fully saturated rings. The Kier molecular flexibility index (Phi) is 11.1. The third-order valence-electron chi connectivity index (χ3n) is 4.51. The lowest BCUT2D eigenvalue weighted by Crippen LogP contribution is -2.47. The van der Waals surface area contributed by atoms with Crippen LogP contribution in [0.2, 0.25) is 0 Å². The lowest BCUT2D eigenvalue weighted by atomic mass is 10.0. The molecule has 1 amide bonds. The van der Waals surface area contributed by atoms with E-state index in [2.05, 4.69) is 30.9 Å². The summed E-state index contributed by atoms with van der Waals surface area (Å²) in [5.74, 6) is 0.125. The van der Waals surface area contributed by atoms with Crippen LogP contribution in [0, 0.1) is 0 Å². The van der Waals surface area contributed by atoms with Crippen molar-refractivity contribution in [3.8, 4) is 0 Å². The van der Waals surface area contributed by atoms with Gasteiger partial charge in [-0.25, -0.2) is 0 Å². The lowest BCUT2D eigenvalue weighted by molar-refractivity contribution is 0.0623. The number of hydrogen-bond donors (Lipinski definition) is 1. The second-order valence-electron chi connectivity index (χ2n) is 6.01. The number of piperidine rings is 1. The largest absolute Gasteiger partial charge is 0.372 e. The standard InChI is InChI=1S/C18H29N3O.2ClH/c1-3-12-20(4-2)16-10-8-15(9-11-16)18(22)21-13-6-5-7-17(21)14-19;;/h8-11,17H,3-7,12-14,19H2,1-2H3;2*1H. The Bertz CT molecular complexity index is 482. The third-order valence-corrected chi connectivity index (χ3v) is 4.51. The van der Waals surface area contributed by atoms with Crippen LogP contribution in [0.25, 0.3) is 0 Å². The predicted octanol–water partition coefficient (Wildman–Crippen LogP) is 3.72. The monoisotopic (exact) mass is 375 g/mol. The molecule has 1 aromatic carbocycles. The van der Waals surface area contributed by atoms with Crippen LogP contribution in [-0.4, -0.2) is 43.0 Å². The van der Waals surface area contributed by atoms with Crippen LogP contribution in [0.5, 0.6) is 0 Å². The van der Waals surface area contributed by atoms with E-state index >= 15 is 0 Å². The maximum absolute atomic E-state index is 12.7. The highest BCUT2D eigenvalue weighted by atomic mass is 35.5. The molecule has 0 aromatic heterocycles. The minimum atomic E-state index is 0. The molecule has 0 spiro atoms. The summed E-state index contributed by atoms with van der Waals surface area (Å²) < 4.78 is 0. The first-order valence-electron chi connectivity index (χ1n) is 8.57. The van der Waals surface area contributed by atoms with Gasteiger partial charge >= 0.3 is 0 Å². The zero-order valence-electron chi connectivity index (χ0n) is 14.7. The van der Waals surface area contributed by atoms with Crippen molar-refractivity contribution in [2.45, 2.75) is 45.6 Å². The van der Waals surface area contributed by atoms with Gasteiger partial charge < -0.3 is 15.5 Å². The molecule has 1 aliphatic heterocycles. The van der Waals surface area contributed by atoms with Crippen molar-refractivity contribution in [3.05, 3.63) is 29.8 Å². The number of halogens is 2. The molecule has 138 valence electrons. The normalized spacial score (nSPS) is 16.8. The van der Waals surface area contributed by atoms with Crippen molar-refractivity contribution in [2.75, 3.05) is 31.1 Å². The summed E-state index contributed by atoms with van der Waals surface area (Å²) in [6.07, 6.45) is 4.41. The first-order valence-corrected chi connectivity index (χ1v) is 8.57. The molecule has 1 atom stereocenters. The van der Waals surface area contributed by atoms with E-state index in [0.717, 1.165) is 44.5 Å². The Labute approximate surface area is 158 Å². The zero-order valence-corrected chi connectivity index (χ0v) is 16.4. The summed E-state index contributed by atoms with van der Waals surface area (Å²) in [5, 5.41) is 0. The average Bonchev–Trinajstić information content (AvgIpc) is 2.59. The Morgan fingerprint density at radius 3 is 2.42 bits per heavy atom. The van der Waals surface area contributed by atoms with Gasteiger partial charge in [0.15, 0.2) is 0 Å². The van der Waals surface area contributed by atoms with Gasteiger partial charge in [-0.1, -0.05) is 6.92 Å². The van der Waals surface area contributed by atoms with Crippen LogP contribution in [0.1, 0.15) is 49.9 Å². The minimum Gasteiger partial charge on any atom is -0.372 e. The van der Waals surface area contributed by atoms with Gasteiger partial charge in [0.2, 0.25) is 0 Å². The number of carbonyl (C=O) groups excluding carboxylic acids is 1. The van der Waals surface area contributed by atoms with E-state index in [-0.39, 0.29) is 36.8 Å². The minimum absolute atomic E-state index is 0. The number of amides is 1. The van der Waals surface area contributed by atoms with Crippen LogP contribution < -0.4 is 10.6 Å². The molecule has 0 radical (unpaired) electrons. The van der Waals surface area contributed by atoms with Crippen LogP contribution in [-0.2, 0) is 0 Å². The molecule has 1 aliphatic rings. The Morgan fingerprint density at radius 1 is 1.21 bits per heavy atom. The van der Waals surface area contributed by atoms with Crippen molar-refractivity contribution in [2.24, 2.45) is 5.73 Å². The van der Waals surface area contributed by atoms with E-state index in [1.54, 1.807) is 0 Å². The number of rotatable bonds is 6. The molecule has 0 aliphatic carbocycles. The maximum Gasteiger partial charge on any atom is 0.254 e. The van der Waals surface area contributed by atoms with Crippen molar-refractivity contribution in [1.29, 1.82) is 0 Å². The van der Waals surface area contributed by atoms with Crippen LogP contribution in [0.15, 0.2) is 24.3 Å². The summed E-state index contributed by atoms with van der Waals surface area (Å²) in [5.41, 5.74) is 7.79. The van der Waals surface area contributed by atoms with Gasteiger partial charge in [0, 0.05) is 43.5 Å². The summed E-state index contributed by atoms with van der Waals surface area (Å²) in [7, 11) is 0. The third kappa shape index (κ3) is 5.54. The lowest BCUT2D eigenvalue weighted by Gasteiger charge is -2.35. The predicted molar refractivity (Wildman–Crippen MR) is 107 cm³/mol. The van der Waals surface area contributed by atoms with Crippen LogP contribution in [0.3, 0.4) is 0 Å². The van der Waals surface area contributed by atoms with Gasteiger partial charge in [-0.15, -0.1) is 24.8 Å². The number of nitrogens with zero attached hydrogens (tertiary/aromatic N) is 2. The van der Waals surface area contributed by atoms with E-state index in [0.29, 0.717) is 6.54 Å². The molecule has 24 heavy (non-hydrogen) atoms. The second kappa shape index (κ2) is 11.6. The Morgan fingerprint density at radius 2 is 1.88 bits per heavy atom. The molecular weight excluding hydrogens is 345 g/mol. The van der Waals surface area contributed by atoms with Crippen molar-refractivity contribution >= 4 is 36.4 Å². The molecule has 6 heteroatoms. The van der Waals surface area contributed by atoms with Gasteiger partial charge in [0.1, 0.15) is 0 Å². The highest BCUT2D eigenvalue weighted by molar-refractivity contribution is 5.94. The van der Waals surface area contributed by atoms with Gasteiger partial charge in [-0.3, -0.25) is 4.79 Å². The second-order valence-corrected chi connectivity index (χ2v) is 6.01. The highest BCUT2D eigenvalue weighted by Crippen LogP contribution is 2.21. The number of benzene rings is 1. The van der Waals surface area contributed by atoms with E-state index in [4.69, 9.17) is 5.73 Å². The average molecular weight is 376 g/mol. The van der Waals surface area contributed by atoms with Gasteiger partial charge in [0.25, 0.3) is 5.91 Å². The number of hydrogen-bond acceptors (Lipinski definition) is 3.